The maximum absolute atomic E-state index is 12.6. The van der Waals surface area contributed by atoms with E-state index in [2.05, 4.69) is 16.0 Å². The summed E-state index contributed by atoms with van der Waals surface area (Å²) in [5.74, 6) is -0.334. The second kappa shape index (κ2) is 17.7. The van der Waals surface area contributed by atoms with Crippen LogP contribution in [0.15, 0.2) is 24.3 Å². The van der Waals surface area contributed by atoms with E-state index in [1.165, 1.54) is 6.08 Å². The van der Waals surface area contributed by atoms with E-state index in [0.29, 0.717) is 62.2 Å². The molecule has 13 nitrogen and oxygen atoms in total. The molecule has 0 bridgehead atoms. The number of halogens is 2. The van der Waals surface area contributed by atoms with E-state index in [0.717, 1.165) is 31.5 Å². The van der Waals surface area contributed by atoms with Crippen LogP contribution in [0.1, 0.15) is 44.1 Å². The molecule has 4 rings (SSSR count). The van der Waals surface area contributed by atoms with Gasteiger partial charge in [-0.05, 0) is 62.5 Å². The quantitative estimate of drug-likeness (QED) is 0.279. The van der Waals surface area contributed by atoms with Crippen molar-refractivity contribution in [3.05, 3.63) is 39.9 Å². The Morgan fingerprint density at radius 3 is 2.11 bits per heavy atom. The number of carbonyl (C=O) groups excluding carboxylic acids is 3. The van der Waals surface area contributed by atoms with E-state index in [9.17, 15) is 24.0 Å². The number of hydrogen-bond acceptors (Lipinski definition) is 6. The number of carbonyl (C=O) groups is 5. The predicted molar refractivity (Wildman–Crippen MR) is 166 cm³/mol. The first-order chi connectivity index (χ1) is 21.0. The zero-order valence-corrected chi connectivity index (χ0v) is 26.0. The van der Waals surface area contributed by atoms with Gasteiger partial charge in [-0.2, -0.15) is 0 Å². The van der Waals surface area contributed by atoms with Crippen molar-refractivity contribution in [3.8, 4) is 0 Å². The lowest BCUT2D eigenvalue weighted by Crippen LogP contribution is -2.47. The minimum Gasteiger partial charge on any atom is -0.465 e. The first kappa shape index (κ1) is 34.9. The van der Waals surface area contributed by atoms with Crippen molar-refractivity contribution in [3.63, 3.8) is 0 Å². The van der Waals surface area contributed by atoms with Gasteiger partial charge in [-0.1, -0.05) is 29.3 Å². The number of hydrogen-bond donors (Lipinski definition) is 5. The van der Waals surface area contributed by atoms with Crippen LogP contribution in [0.3, 0.4) is 0 Å². The van der Waals surface area contributed by atoms with Gasteiger partial charge in [-0.15, -0.1) is 0 Å². The lowest BCUT2D eigenvalue weighted by molar-refractivity contribution is -0.134. The lowest BCUT2D eigenvalue weighted by Gasteiger charge is -2.32. The second-order valence-corrected chi connectivity index (χ2v) is 11.6. The first-order valence-corrected chi connectivity index (χ1v) is 15.4. The summed E-state index contributed by atoms with van der Waals surface area (Å²) >= 11 is 11.9. The second-order valence-electron chi connectivity index (χ2n) is 10.8. The maximum Gasteiger partial charge on any atom is 0.404 e. The molecule has 242 valence electrons. The molecule has 5 N–H and O–H groups in total. The predicted octanol–water partition coefficient (Wildman–Crippen LogP) is 2.72. The fourth-order valence-corrected chi connectivity index (χ4v) is 5.50. The summed E-state index contributed by atoms with van der Waals surface area (Å²) in [7, 11) is 0. The maximum atomic E-state index is 12.6. The summed E-state index contributed by atoms with van der Waals surface area (Å²) in [6.07, 6.45) is 4.52. The largest absolute Gasteiger partial charge is 0.465 e. The van der Waals surface area contributed by atoms with Crippen LogP contribution >= 0.6 is 23.2 Å². The van der Waals surface area contributed by atoms with Crippen molar-refractivity contribution in [1.29, 1.82) is 0 Å². The molecular weight excluding hydrogens is 615 g/mol. The van der Waals surface area contributed by atoms with Crippen LogP contribution in [0.25, 0.3) is 6.08 Å². The van der Waals surface area contributed by atoms with Crippen LogP contribution in [0, 0.1) is 0 Å². The number of piperidine rings is 2. The van der Waals surface area contributed by atoms with E-state index >= 15 is 0 Å². The zero-order valence-electron chi connectivity index (χ0n) is 24.5. The Bertz CT molecular complexity index is 1200. The average molecular weight is 656 g/mol. The molecule has 15 heteroatoms. The molecule has 3 aliphatic heterocycles. The summed E-state index contributed by atoms with van der Waals surface area (Å²) in [6, 6.07) is 5.12. The summed E-state index contributed by atoms with van der Waals surface area (Å²) in [5.41, 5.74) is 0.747. The summed E-state index contributed by atoms with van der Waals surface area (Å²) in [5, 5.41) is 26.0. The molecule has 1 aromatic carbocycles. The Kier molecular flexibility index (Phi) is 14.0. The highest BCUT2D eigenvalue weighted by molar-refractivity contribution is 6.42. The number of likely N-dealkylation sites (tertiary alicyclic amines) is 1. The molecule has 0 aromatic heterocycles. The molecular formula is C29H40Cl2N6O7. The molecule has 0 atom stereocenters. The molecule has 3 fully saturated rings. The van der Waals surface area contributed by atoms with Crippen LogP contribution in [-0.4, -0.2) is 119 Å². The number of amides is 5. The topological polar surface area (TPSA) is 172 Å². The average Bonchev–Trinajstić information content (AvgIpc) is 3.18. The molecule has 0 radical (unpaired) electrons. The molecule has 3 aliphatic rings. The van der Waals surface area contributed by atoms with Gasteiger partial charge in [0, 0.05) is 70.3 Å². The molecule has 3 heterocycles. The Morgan fingerprint density at radius 1 is 0.864 bits per heavy atom. The van der Waals surface area contributed by atoms with Gasteiger partial charge in [0.15, 0.2) is 0 Å². The molecule has 0 spiro atoms. The van der Waals surface area contributed by atoms with Gasteiger partial charge in [-0.25, -0.2) is 9.59 Å². The van der Waals surface area contributed by atoms with Crippen LogP contribution in [-0.2, 0) is 14.4 Å². The van der Waals surface area contributed by atoms with Crippen LogP contribution in [0.4, 0.5) is 9.59 Å². The van der Waals surface area contributed by atoms with Crippen LogP contribution in [0.5, 0.6) is 0 Å². The third-order valence-corrected chi connectivity index (χ3v) is 8.44. The number of nitrogens with one attached hydrogen (secondary N) is 3. The smallest absolute Gasteiger partial charge is 0.404 e. The van der Waals surface area contributed by atoms with E-state index < -0.39 is 12.2 Å². The molecule has 3 saturated heterocycles. The van der Waals surface area contributed by atoms with Gasteiger partial charge in [0.2, 0.25) is 17.7 Å². The minimum atomic E-state index is -1.05. The van der Waals surface area contributed by atoms with E-state index in [1.807, 2.05) is 0 Å². The highest BCUT2D eigenvalue weighted by Gasteiger charge is 2.26. The van der Waals surface area contributed by atoms with E-state index in [4.69, 9.17) is 33.4 Å². The van der Waals surface area contributed by atoms with Crippen molar-refractivity contribution < 1.29 is 34.2 Å². The van der Waals surface area contributed by atoms with Crippen molar-refractivity contribution in [2.24, 2.45) is 0 Å². The van der Waals surface area contributed by atoms with Crippen LogP contribution < -0.4 is 16.0 Å². The zero-order chi connectivity index (χ0) is 32.1. The van der Waals surface area contributed by atoms with E-state index in [1.54, 1.807) is 39.0 Å². The molecule has 0 saturated carbocycles. The molecule has 5 amide bonds. The highest BCUT2D eigenvalue weighted by Crippen LogP contribution is 2.23. The first-order valence-electron chi connectivity index (χ1n) is 14.7. The Morgan fingerprint density at radius 2 is 1.50 bits per heavy atom. The Hall–Kier alpha value is -3.55. The van der Waals surface area contributed by atoms with Crippen molar-refractivity contribution >= 4 is 59.2 Å². The Labute approximate surface area is 266 Å². The summed E-state index contributed by atoms with van der Waals surface area (Å²) in [6.45, 7) is 4.19. The van der Waals surface area contributed by atoms with Gasteiger partial charge in [0.1, 0.15) is 0 Å². The number of carboxylic acid groups (broad SMARTS) is 2. The fourth-order valence-electron chi connectivity index (χ4n) is 5.19. The van der Waals surface area contributed by atoms with Crippen molar-refractivity contribution in [2.45, 2.75) is 50.6 Å². The van der Waals surface area contributed by atoms with Crippen molar-refractivity contribution in [2.75, 3.05) is 52.4 Å². The molecule has 0 unspecified atom stereocenters. The fraction of sp³-hybridized carbons (Fsp3) is 0.552. The van der Waals surface area contributed by atoms with Gasteiger partial charge in [0.25, 0.3) is 0 Å². The highest BCUT2D eigenvalue weighted by atomic mass is 35.5. The van der Waals surface area contributed by atoms with Gasteiger partial charge in [-0.3, -0.25) is 14.4 Å². The standard InChI is InChI=1S/C23H28Cl2N4O5.C6H12N2O2/c24-18-3-1-16(15-19(18)25)2-4-20(30)28-11-8-22(32)29(14-13-28)12-7-21(31)27-9-5-17(6-10-27)26-23(33)34;9-6(10)8-5-1-3-7-4-2-5/h1-4,15,17,26H,5-14H2,(H,33,34);5,7-8H,1-4H2,(H,9,10)/b4-2+;. The summed E-state index contributed by atoms with van der Waals surface area (Å²) < 4.78 is 0. The molecule has 1 aromatic rings. The van der Waals surface area contributed by atoms with Gasteiger partial charge >= 0.3 is 12.2 Å². The third kappa shape index (κ3) is 11.9. The lowest BCUT2D eigenvalue weighted by atomic mass is 10.0. The van der Waals surface area contributed by atoms with Crippen molar-refractivity contribution in [1.82, 2.24) is 30.7 Å². The normalized spacial score (nSPS) is 18.3. The van der Waals surface area contributed by atoms with Gasteiger partial charge < -0.3 is 40.9 Å². The van der Waals surface area contributed by atoms with Gasteiger partial charge in [0.05, 0.1) is 10.0 Å². The van der Waals surface area contributed by atoms with E-state index in [-0.39, 0.29) is 42.6 Å². The molecule has 44 heavy (non-hydrogen) atoms. The number of rotatable bonds is 7. The number of benzene rings is 1. The Balaban J connectivity index is 0.000000448. The SMILES string of the molecule is O=C(O)NC1CCN(C(=O)CCN2CCN(C(=O)/C=C/c3ccc(Cl)c(Cl)c3)CCC2=O)CC1.O=C(O)NC1CCNCC1. The molecule has 0 aliphatic carbocycles. The minimum absolute atomic E-state index is 0.0525. The van der Waals surface area contributed by atoms with Crippen LogP contribution in [0.2, 0.25) is 10.0 Å². The number of nitrogens with zero attached hydrogens (tertiary/aromatic N) is 3. The summed E-state index contributed by atoms with van der Waals surface area (Å²) in [4.78, 5) is 63.5. The third-order valence-electron chi connectivity index (χ3n) is 7.70. The monoisotopic (exact) mass is 654 g/mol.